The van der Waals surface area contributed by atoms with Crippen molar-refractivity contribution in [2.24, 2.45) is 5.73 Å². The summed E-state index contributed by atoms with van der Waals surface area (Å²) in [4.78, 5) is 0. The van der Waals surface area contributed by atoms with Crippen molar-refractivity contribution in [3.8, 4) is 0 Å². The van der Waals surface area contributed by atoms with Crippen LogP contribution in [0.25, 0.3) is 0 Å². The van der Waals surface area contributed by atoms with Crippen molar-refractivity contribution in [1.82, 2.24) is 0 Å². The Morgan fingerprint density at radius 2 is 2.42 bits per heavy atom. The van der Waals surface area contributed by atoms with Gasteiger partial charge in [0.2, 0.25) is 0 Å². The van der Waals surface area contributed by atoms with E-state index < -0.39 is 0 Å². The highest BCUT2D eigenvalue weighted by Crippen LogP contribution is 2.18. The minimum Gasteiger partial charge on any atom is -0.472 e. The summed E-state index contributed by atoms with van der Waals surface area (Å²) in [6.45, 7) is 2.05. The van der Waals surface area contributed by atoms with Crippen LogP contribution in [0, 0.1) is 0 Å². The summed E-state index contributed by atoms with van der Waals surface area (Å²) in [5.41, 5.74) is 6.91. The highest BCUT2D eigenvalue weighted by Gasteiger charge is 2.17. The molecule has 0 saturated carbocycles. The molecule has 0 aliphatic rings. The minimum absolute atomic E-state index is 0.0719. The molecule has 2 atom stereocenters. The van der Waals surface area contributed by atoms with E-state index in [1.807, 2.05) is 13.0 Å². The maximum atomic E-state index is 5.92. The molecular formula is C9H15NO2. The molecule has 0 saturated heterocycles. The zero-order valence-electron chi connectivity index (χ0n) is 7.49. The second-order valence-corrected chi connectivity index (χ2v) is 2.76. The van der Waals surface area contributed by atoms with Gasteiger partial charge in [-0.2, -0.15) is 0 Å². The van der Waals surface area contributed by atoms with E-state index in [1.165, 1.54) is 0 Å². The standard InChI is InChI=1S/C9H15NO2/c1-3-8(11-2)9(10)7-4-5-12-6-7/h4-6,8-9H,3,10H2,1-2H3. The SMILES string of the molecule is CCC(OC)C(N)c1ccoc1. The van der Waals surface area contributed by atoms with E-state index in [1.54, 1.807) is 19.6 Å². The van der Waals surface area contributed by atoms with Crippen molar-refractivity contribution in [3.63, 3.8) is 0 Å². The van der Waals surface area contributed by atoms with Crippen LogP contribution in [0.15, 0.2) is 23.0 Å². The lowest BCUT2D eigenvalue weighted by Crippen LogP contribution is -2.26. The molecule has 0 fully saturated rings. The van der Waals surface area contributed by atoms with Gasteiger partial charge in [0.15, 0.2) is 0 Å². The van der Waals surface area contributed by atoms with Crippen LogP contribution in [-0.2, 0) is 4.74 Å². The summed E-state index contributed by atoms with van der Waals surface area (Å²) in [6.07, 6.45) is 4.26. The Balaban J connectivity index is 2.63. The monoisotopic (exact) mass is 169 g/mol. The number of furan rings is 1. The van der Waals surface area contributed by atoms with Crippen LogP contribution in [0.4, 0.5) is 0 Å². The Morgan fingerprint density at radius 3 is 2.83 bits per heavy atom. The second kappa shape index (κ2) is 4.28. The van der Waals surface area contributed by atoms with Crippen molar-refractivity contribution in [3.05, 3.63) is 24.2 Å². The van der Waals surface area contributed by atoms with Gasteiger partial charge in [-0.15, -0.1) is 0 Å². The first kappa shape index (κ1) is 9.29. The molecule has 0 spiro atoms. The predicted octanol–water partition coefficient (Wildman–Crippen LogP) is 1.70. The summed E-state index contributed by atoms with van der Waals surface area (Å²) in [6, 6.07) is 1.78. The molecule has 0 radical (unpaired) electrons. The van der Waals surface area contributed by atoms with Gasteiger partial charge in [0, 0.05) is 12.7 Å². The van der Waals surface area contributed by atoms with Gasteiger partial charge in [0.05, 0.1) is 24.7 Å². The van der Waals surface area contributed by atoms with Crippen LogP contribution in [0.5, 0.6) is 0 Å². The van der Waals surface area contributed by atoms with E-state index in [0.29, 0.717) is 0 Å². The molecule has 1 aromatic rings. The van der Waals surface area contributed by atoms with Crippen molar-refractivity contribution < 1.29 is 9.15 Å². The van der Waals surface area contributed by atoms with Gasteiger partial charge in [-0.1, -0.05) is 6.92 Å². The van der Waals surface area contributed by atoms with Gasteiger partial charge in [0.25, 0.3) is 0 Å². The number of ether oxygens (including phenoxy) is 1. The first-order valence-corrected chi connectivity index (χ1v) is 4.10. The molecule has 0 aliphatic heterocycles. The Kier molecular flexibility index (Phi) is 3.31. The fourth-order valence-electron chi connectivity index (χ4n) is 1.25. The molecule has 0 aromatic carbocycles. The average Bonchev–Trinajstić information content (AvgIpc) is 2.58. The Bertz CT molecular complexity index is 204. The second-order valence-electron chi connectivity index (χ2n) is 2.76. The van der Waals surface area contributed by atoms with Gasteiger partial charge in [-0.25, -0.2) is 0 Å². The summed E-state index contributed by atoms with van der Waals surface area (Å²) < 4.78 is 10.2. The zero-order chi connectivity index (χ0) is 8.97. The lowest BCUT2D eigenvalue weighted by atomic mass is 10.0. The van der Waals surface area contributed by atoms with Crippen molar-refractivity contribution in [2.75, 3.05) is 7.11 Å². The zero-order valence-corrected chi connectivity index (χ0v) is 7.49. The third-order valence-electron chi connectivity index (χ3n) is 2.03. The van der Waals surface area contributed by atoms with E-state index in [0.717, 1.165) is 12.0 Å². The molecule has 1 rings (SSSR count). The van der Waals surface area contributed by atoms with Gasteiger partial charge in [-0.05, 0) is 12.5 Å². The third kappa shape index (κ3) is 1.87. The molecule has 12 heavy (non-hydrogen) atoms. The van der Waals surface area contributed by atoms with Crippen LogP contribution in [-0.4, -0.2) is 13.2 Å². The van der Waals surface area contributed by atoms with Gasteiger partial charge in [-0.3, -0.25) is 0 Å². The Morgan fingerprint density at radius 1 is 1.67 bits per heavy atom. The van der Waals surface area contributed by atoms with Crippen molar-refractivity contribution >= 4 is 0 Å². The Hall–Kier alpha value is -0.800. The fourth-order valence-corrected chi connectivity index (χ4v) is 1.25. The third-order valence-corrected chi connectivity index (χ3v) is 2.03. The molecule has 0 amide bonds. The molecule has 1 heterocycles. The van der Waals surface area contributed by atoms with Gasteiger partial charge in [0.1, 0.15) is 0 Å². The largest absolute Gasteiger partial charge is 0.472 e. The highest BCUT2D eigenvalue weighted by molar-refractivity contribution is 5.12. The number of methoxy groups -OCH3 is 1. The van der Waals surface area contributed by atoms with Gasteiger partial charge >= 0.3 is 0 Å². The minimum atomic E-state index is -0.0845. The first-order chi connectivity index (χ1) is 5.79. The lowest BCUT2D eigenvalue weighted by molar-refractivity contribution is 0.0770. The number of hydrogen-bond acceptors (Lipinski definition) is 3. The van der Waals surface area contributed by atoms with Crippen molar-refractivity contribution in [2.45, 2.75) is 25.5 Å². The summed E-state index contributed by atoms with van der Waals surface area (Å²) in [5, 5.41) is 0. The Labute approximate surface area is 72.5 Å². The van der Waals surface area contributed by atoms with E-state index in [2.05, 4.69) is 0 Å². The maximum Gasteiger partial charge on any atom is 0.0951 e. The summed E-state index contributed by atoms with van der Waals surface area (Å²) in [5.74, 6) is 0. The highest BCUT2D eigenvalue weighted by atomic mass is 16.5. The smallest absolute Gasteiger partial charge is 0.0951 e. The van der Waals surface area contributed by atoms with Crippen LogP contribution in [0.3, 0.4) is 0 Å². The maximum absolute atomic E-state index is 5.92. The molecule has 2 unspecified atom stereocenters. The van der Waals surface area contributed by atoms with Gasteiger partial charge < -0.3 is 14.9 Å². The molecule has 68 valence electrons. The molecule has 2 N–H and O–H groups in total. The first-order valence-electron chi connectivity index (χ1n) is 4.10. The topological polar surface area (TPSA) is 48.4 Å². The number of nitrogens with two attached hydrogens (primary N) is 1. The molecule has 1 aromatic heterocycles. The van der Waals surface area contributed by atoms with E-state index in [4.69, 9.17) is 14.9 Å². The molecule has 0 bridgehead atoms. The number of hydrogen-bond donors (Lipinski definition) is 1. The molecular weight excluding hydrogens is 154 g/mol. The van der Waals surface area contributed by atoms with Crippen molar-refractivity contribution in [1.29, 1.82) is 0 Å². The predicted molar refractivity (Wildman–Crippen MR) is 46.7 cm³/mol. The van der Waals surface area contributed by atoms with E-state index >= 15 is 0 Å². The quantitative estimate of drug-likeness (QED) is 0.746. The van der Waals surface area contributed by atoms with Crippen LogP contribution in [0.1, 0.15) is 24.9 Å². The van der Waals surface area contributed by atoms with Crippen LogP contribution >= 0.6 is 0 Å². The normalized spacial score (nSPS) is 15.9. The average molecular weight is 169 g/mol. The summed E-state index contributed by atoms with van der Waals surface area (Å²) in [7, 11) is 1.67. The van der Waals surface area contributed by atoms with Crippen LogP contribution < -0.4 is 5.73 Å². The molecule has 3 heteroatoms. The summed E-state index contributed by atoms with van der Waals surface area (Å²) >= 11 is 0. The number of rotatable bonds is 4. The molecule has 3 nitrogen and oxygen atoms in total. The van der Waals surface area contributed by atoms with E-state index in [-0.39, 0.29) is 12.1 Å². The van der Waals surface area contributed by atoms with Crippen LogP contribution in [0.2, 0.25) is 0 Å². The van der Waals surface area contributed by atoms with E-state index in [9.17, 15) is 0 Å². The lowest BCUT2D eigenvalue weighted by Gasteiger charge is -2.19. The fraction of sp³-hybridized carbons (Fsp3) is 0.556. The molecule has 0 aliphatic carbocycles.